The number of carbonyl (C=O) groups is 3. The number of nitrogens with zero attached hydrogens (tertiary/aromatic N) is 1. The minimum atomic E-state index is -0.931. The zero-order valence-electron chi connectivity index (χ0n) is 16.1. The first kappa shape index (κ1) is 20.7. The number of benzene rings is 2. The van der Waals surface area contributed by atoms with Crippen molar-refractivity contribution in [3.8, 4) is 0 Å². The zero-order chi connectivity index (χ0) is 21.3. The van der Waals surface area contributed by atoms with Gasteiger partial charge in [-0.05, 0) is 49.1 Å². The highest BCUT2D eigenvalue weighted by atomic mass is 35.5. The van der Waals surface area contributed by atoms with Gasteiger partial charge in [0.1, 0.15) is 6.04 Å². The standard InChI is InChI=1S/C22H20Cl2N2O4/c23-14-8-9-17(16(24)12-14)25-20(27)18-7-3-4-10-26(18)21(28)19-11-13-5-1-2-6-15(13)22(29)30-19/h1-2,5-6,8-9,12,18-19H,3-4,7,10-11H2,(H,25,27)/t18-,19-/m1/s1. The molecule has 0 aromatic heterocycles. The molecule has 1 fully saturated rings. The van der Waals surface area contributed by atoms with Crippen molar-refractivity contribution in [2.75, 3.05) is 11.9 Å². The SMILES string of the molecule is O=C1O[C@@H](C(=O)N2CCCC[C@@H]2C(=O)Nc2ccc(Cl)cc2Cl)Cc2ccccc21. The highest BCUT2D eigenvalue weighted by molar-refractivity contribution is 6.36. The molecule has 0 unspecified atom stereocenters. The summed E-state index contributed by atoms with van der Waals surface area (Å²) in [6.45, 7) is 0.432. The second-order valence-electron chi connectivity index (χ2n) is 7.41. The molecule has 8 heteroatoms. The Hall–Kier alpha value is -2.57. The third-order valence-electron chi connectivity index (χ3n) is 5.44. The van der Waals surface area contributed by atoms with Gasteiger partial charge in [0.05, 0.1) is 16.3 Å². The lowest BCUT2D eigenvalue weighted by Crippen LogP contribution is -2.54. The van der Waals surface area contributed by atoms with Gasteiger partial charge in [-0.2, -0.15) is 0 Å². The van der Waals surface area contributed by atoms with Crippen LogP contribution < -0.4 is 5.32 Å². The van der Waals surface area contributed by atoms with Gasteiger partial charge in [-0.3, -0.25) is 9.59 Å². The summed E-state index contributed by atoms with van der Waals surface area (Å²) in [7, 11) is 0. The van der Waals surface area contributed by atoms with Crippen molar-refractivity contribution in [1.82, 2.24) is 4.90 Å². The summed E-state index contributed by atoms with van der Waals surface area (Å²) in [5, 5.41) is 3.57. The number of amides is 2. The number of esters is 1. The molecule has 2 aliphatic rings. The number of hydrogen-bond acceptors (Lipinski definition) is 4. The van der Waals surface area contributed by atoms with Gasteiger partial charge in [0.25, 0.3) is 5.91 Å². The molecule has 2 aromatic rings. The molecule has 1 saturated heterocycles. The van der Waals surface area contributed by atoms with Crippen LogP contribution in [-0.2, 0) is 20.7 Å². The van der Waals surface area contributed by atoms with E-state index >= 15 is 0 Å². The van der Waals surface area contributed by atoms with E-state index in [1.807, 2.05) is 12.1 Å². The molecule has 6 nitrogen and oxygen atoms in total. The maximum Gasteiger partial charge on any atom is 0.339 e. The van der Waals surface area contributed by atoms with Gasteiger partial charge in [0.2, 0.25) is 5.91 Å². The highest BCUT2D eigenvalue weighted by Crippen LogP contribution is 2.28. The number of nitrogens with one attached hydrogen (secondary N) is 1. The van der Waals surface area contributed by atoms with Gasteiger partial charge in [-0.15, -0.1) is 0 Å². The Bertz CT molecular complexity index is 1010. The van der Waals surface area contributed by atoms with Gasteiger partial charge in [-0.25, -0.2) is 4.79 Å². The predicted molar refractivity (Wildman–Crippen MR) is 114 cm³/mol. The fraction of sp³-hybridized carbons (Fsp3) is 0.318. The summed E-state index contributed by atoms with van der Waals surface area (Å²) in [6, 6.07) is 11.2. The molecule has 156 valence electrons. The molecule has 0 bridgehead atoms. The van der Waals surface area contributed by atoms with Gasteiger partial charge in [-0.1, -0.05) is 41.4 Å². The van der Waals surface area contributed by atoms with Crippen LogP contribution in [0.2, 0.25) is 10.0 Å². The molecular formula is C22H20Cl2N2O4. The molecule has 2 aliphatic heterocycles. The van der Waals surface area contributed by atoms with Gasteiger partial charge >= 0.3 is 5.97 Å². The summed E-state index contributed by atoms with van der Waals surface area (Å²) in [5.41, 5.74) is 1.69. The van der Waals surface area contributed by atoms with Gasteiger partial charge in [0, 0.05) is 18.0 Å². The lowest BCUT2D eigenvalue weighted by Gasteiger charge is -2.37. The minimum absolute atomic E-state index is 0.300. The molecule has 2 atom stereocenters. The van der Waals surface area contributed by atoms with E-state index in [4.69, 9.17) is 27.9 Å². The first-order valence-corrected chi connectivity index (χ1v) is 10.5. The highest BCUT2D eigenvalue weighted by Gasteiger charge is 2.39. The molecule has 0 saturated carbocycles. The minimum Gasteiger partial charge on any atom is -0.448 e. The topological polar surface area (TPSA) is 75.7 Å². The van der Waals surface area contributed by atoms with Gasteiger partial charge in [0.15, 0.2) is 6.10 Å². The number of hydrogen-bond donors (Lipinski definition) is 1. The predicted octanol–water partition coefficient (Wildman–Crippen LogP) is 4.09. The second kappa shape index (κ2) is 8.66. The number of ether oxygens (including phenoxy) is 1. The molecule has 0 aliphatic carbocycles. The van der Waals surface area contributed by atoms with E-state index in [2.05, 4.69) is 5.32 Å². The number of carbonyl (C=O) groups excluding carboxylic acids is 3. The fourth-order valence-electron chi connectivity index (χ4n) is 3.93. The summed E-state index contributed by atoms with van der Waals surface area (Å²) in [5.74, 6) is -1.18. The third kappa shape index (κ3) is 4.16. The van der Waals surface area contributed by atoms with Crippen molar-refractivity contribution in [3.05, 3.63) is 63.6 Å². The van der Waals surface area contributed by atoms with Crippen molar-refractivity contribution < 1.29 is 19.1 Å². The van der Waals surface area contributed by atoms with E-state index < -0.39 is 18.1 Å². The molecule has 4 rings (SSSR count). The van der Waals surface area contributed by atoms with Crippen LogP contribution in [0.4, 0.5) is 5.69 Å². The fourth-order valence-corrected chi connectivity index (χ4v) is 4.38. The Morgan fingerprint density at radius 1 is 1.10 bits per heavy atom. The average Bonchev–Trinajstić information content (AvgIpc) is 2.75. The van der Waals surface area contributed by atoms with Crippen LogP contribution in [0.1, 0.15) is 35.2 Å². The van der Waals surface area contributed by atoms with E-state index in [9.17, 15) is 14.4 Å². The Kier molecular flexibility index (Phi) is 5.97. The van der Waals surface area contributed by atoms with Crippen LogP contribution in [0, 0.1) is 0 Å². The quantitative estimate of drug-likeness (QED) is 0.720. The number of halogens is 2. The van der Waals surface area contributed by atoms with Crippen molar-refractivity contribution in [3.63, 3.8) is 0 Å². The first-order chi connectivity index (χ1) is 14.4. The summed E-state index contributed by atoms with van der Waals surface area (Å²) < 4.78 is 5.41. The molecule has 2 amide bonds. The van der Waals surface area contributed by atoms with Crippen LogP contribution in [0.15, 0.2) is 42.5 Å². The number of anilines is 1. The molecule has 0 radical (unpaired) electrons. The van der Waals surface area contributed by atoms with Gasteiger partial charge < -0.3 is 15.0 Å². The Morgan fingerprint density at radius 2 is 1.90 bits per heavy atom. The average molecular weight is 447 g/mol. The number of fused-ring (bicyclic) bond motifs is 1. The molecule has 2 aromatic carbocycles. The molecular weight excluding hydrogens is 427 g/mol. The van der Waals surface area contributed by atoms with Crippen molar-refractivity contribution in [2.24, 2.45) is 0 Å². The Morgan fingerprint density at radius 3 is 2.70 bits per heavy atom. The number of cyclic esters (lactones) is 1. The lowest BCUT2D eigenvalue weighted by molar-refractivity contribution is -0.148. The second-order valence-corrected chi connectivity index (χ2v) is 8.26. The van der Waals surface area contributed by atoms with Crippen LogP contribution in [0.25, 0.3) is 0 Å². The largest absolute Gasteiger partial charge is 0.448 e. The zero-order valence-corrected chi connectivity index (χ0v) is 17.6. The van der Waals surface area contributed by atoms with E-state index in [0.29, 0.717) is 40.7 Å². The number of piperidine rings is 1. The van der Waals surface area contributed by atoms with Crippen LogP contribution in [0.3, 0.4) is 0 Å². The summed E-state index contributed by atoms with van der Waals surface area (Å²) in [6.07, 6.45) is 1.51. The van der Waals surface area contributed by atoms with Crippen LogP contribution >= 0.6 is 23.2 Å². The van der Waals surface area contributed by atoms with Crippen LogP contribution in [-0.4, -0.2) is 41.4 Å². The van der Waals surface area contributed by atoms with E-state index in [0.717, 1.165) is 18.4 Å². The smallest absolute Gasteiger partial charge is 0.339 e. The molecule has 30 heavy (non-hydrogen) atoms. The first-order valence-electron chi connectivity index (χ1n) is 9.79. The molecule has 1 N–H and O–H groups in total. The van der Waals surface area contributed by atoms with E-state index in [-0.39, 0.29) is 11.8 Å². The Balaban J connectivity index is 1.51. The van der Waals surface area contributed by atoms with Crippen molar-refractivity contribution in [1.29, 1.82) is 0 Å². The summed E-state index contributed by atoms with van der Waals surface area (Å²) in [4.78, 5) is 40.0. The Labute approximate surface area is 184 Å². The van der Waals surface area contributed by atoms with E-state index in [1.54, 1.807) is 30.3 Å². The maximum absolute atomic E-state index is 13.2. The monoisotopic (exact) mass is 446 g/mol. The lowest BCUT2D eigenvalue weighted by atomic mass is 9.95. The van der Waals surface area contributed by atoms with Crippen LogP contribution in [0.5, 0.6) is 0 Å². The summed E-state index contributed by atoms with van der Waals surface area (Å²) >= 11 is 12.1. The normalized spacial score (nSPS) is 20.9. The van der Waals surface area contributed by atoms with E-state index in [1.165, 1.54) is 4.90 Å². The number of likely N-dealkylation sites (tertiary alicyclic amines) is 1. The van der Waals surface area contributed by atoms with Crippen molar-refractivity contribution in [2.45, 2.75) is 37.8 Å². The third-order valence-corrected chi connectivity index (χ3v) is 5.99. The number of rotatable bonds is 3. The van der Waals surface area contributed by atoms with Crippen molar-refractivity contribution >= 4 is 46.7 Å². The molecule has 2 heterocycles. The maximum atomic E-state index is 13.2. The molecule has 0 spiro atoms.